The van der Waals surface area contributed by atoms with Gasteiger partial charge in [0, 0.05) is 63.3 Å². The van der Waals surface area contributed by atoms with E-state index in [0.717, 1.165) is 37.4 Å². The molecule has 0 spiro atoms. The first-order valence-electron chi connectivity index (χ1n) is 11.8. The van der Waals surface area contributed by atoms with Crippen LogP contribution in [0.4, 0.5) is 0 Å². The van der Waals surface area contributed by atoms with Crippen molar-refractivity contribution in [1.29, 1.82) is 0 Å². The Kier molecular flexibility index (Phi) is 8.54. The lowest BCUT2D eigenvalue weighted by Gasteiger charge is -2.39. The van der Waals surface area contributed by atoms with Gasteiger partial charge in [-0.2, -0.15) is 4.31 Å². The van der Waals surface area contributed by atoms with Crippen LogP contribution in [0.3, 0.4) is 0 Å². The van der Waals surface area contributed by atoms with Crippen molar-refractivity contribution in [3.63, 3.8) is 0 Å². The highest BCUT2D eigenvalue weighted by molar-refractivity contribution is 7.89. The van der Waals surface area contributed by atoms with Crippen molar-refractivity contribution in [2.75, 3.05) is 51.6 Å². The first-order valence-corrected chi connectivity index (χ1v) is 14.3. The fraction of sp³-hybridized carbons (Fsp3) is 0.542. The van der Waals surface area contributed by atoms with Gasteiger partial charge in [0.2, 0.25) is 15.9 Å². The van der Waals surface area contributed by atoms with E-state index in [-0.39, 0.29) is 24.2 Å². The Morgan fingerprint density at radius 2 is 1.76 bits per heavy atom. The Hall–Kier alpha value is -1.78. The van der Waals surface area contributed by atoms with Gasteiger partial charge in [-0.05, 0) is 29.9 Å². The molecule has 180 valence electrons. The molecule has 1 aromatic carbocycles. The van der Waals surface area contributed by atoms with Crippen LogP contribution in [0.25, 0.3) is 0 Å². The quantitative estimate of drug-likeness (QED) is 0.582. The summed E-state index contributed by atoms with van der Waals surface area (Å²) in [5, 5.41) is 5.17. The number of carbonyl (C=O) groups excluding carboxylic acids is 1. The molecule has 2 aromatic rings. The molecule has 2 saturated heterocycles. The molecule has 33 heavy (non-hydrogen) atoms. The molecule has 2 fully saturated rings. The summed E-state index contributed by atoms with van der Waals surface area (Å²) in [6.07, 6.45) is 2.09. The summed E-state index contributed by atoms with van der Waals surface area (Å²) in [6.45, 7) is 5.36. The zero-order valence-electron chi connectivity index (χ0n) is 19.1. The number of benzene rings is 1. The maximum absolute atomic E-state index is 13.3. The summed E-state index contributed by atoms with van der Waals surface area (Å²) in [5.41, 5.74) is 1.30. The Labute approximate surface area is 201 Å². The summed E-state index contributed by atoms with van der Waals surface area (Å²) in [5.74, 6) is 0.0300. The zero-order chi connectivity index (χ0) is 23.1. The number of rotatable bonds is 9. The highest BCUT2D eigenvalue weighted by atomic mass is 32.2. The monoisotopic (exact) mass is 490 g/mol. The predicted molar refractivity (Wildman–Crippen MR) is 133 cm³/mol. The van der Waals surface area contributed by atoms with E-state index in [1.807, 2.05) is 28.5 Å². The van der Waals surface area contributed by atoms with Crippen molar-refractivity contribution in [2.45, 2.75) is 31.8 Å². The third kappa shape index (κ3) is 6.86. The number of hydrogen-bond acceptors (Lipinski definition) is 6. The number of nitrogens with zero attached hydrogens (tertiary/aromatic N) is 3. The average Bonchev–Trinajstić information content (AvgIpc) is 3.34. The third-order valence-electron chi connectivity index (χ3n) is 6.53. The number of nitrogens with one attached hydrogen (secondary N) is 1. The van der Waals surface area contributed by atoms with E-state index in [4.69, 9.17) is 0 Å². The van der Waals surface area contributed by atoms with Crippen LogP contribution < -0.4 is 5.32 Å². The summed E-state index contributed by atoms with van der Waals surface area (Å²) < 4.78 is 27.4. The minimum atomic E-state index is -3.37. The van der Waals surface area contributed by atoms with Crippen molar-refractivity contribution in [3.05, 3.63) is 58.3 Å². The molecule has 1 aromatic heterocycles. The van der Waals surface area contributed by atoms with Crippen LogP contribution in [0.2, 0.25) is 0 Å². The summed E-state index contributed by atoms with van der Waals surface area (Å²) in [4.78, 5) is 18.6. The van der Waals surface area contributed by atoms with Crippen LogP contribution in [0.5, 0.6) is 0 Å². The largest absolute Gasteiger partial charge is 0.338 e. The van der Waals surface area contributed by atoms with Gasteiger partial charge in [0.25, 0.3) is 0 Å². The minimum Gasteiger partial charge on any atom is -0.338 e. The SMILES string of the molecule is O=C(Cc1cccs1)N(CCS(=O)(=O)N1CCNCC1)C1CCN(Cc2ccccc2)CC1. The first kappa shape index (κ1) is 24.3. The maximum Gasteiger partial charge on any atom is 0.228 e. The number of hydrogen-bond donors (Lipinski definition) is 1. The van der Waals surface area contributed by atoms with Gasteiger partial charge in [-0.3, -0.25) is 9.69 Å². The highest BCUT2D eigenvalue weighted by Crippen LogP contribution is 2.21. The van der Waals surface area contributed by atoms with Crippen molar-refractivity contribution in [3.8, 4) is 0 Å². The minimum absolute atomic E-state index is 0.00654. The predicted octanol–water partition coefficient (Wildman–Crippen LogP) is 2.02. The number of sulfonamides is 1. The van der Waals surface area contributed by atoms with E-state index in [1.54, 1.807) is 15.6 Å². The van der Waals surface area contributed by atoms with Gasteiger partial charge in [-0.1, -0.05) is 36.4 Å². The molecule has 2 aliphatic rings. The Bertz CT molecular complexity index is 968. The number of piperazine rings is 1. The van der Waals surface area contributed by atoms with Gasteiger partial charge in [-0.25, -0.2) is 8.42 Å². The van der Waals surface area contributed by atoms with Crippen molar-refractivity contribution < 1.29 is 13.2 Å². The van der Waals surface area contributed by atoms with Crippen LogP contribution in [-0.4, -0.2) is 86.0 Å². The van der Waals surface area contributed by atoms with Crippen LogP contribution in [0, 0.1) is 0 Å². The van der Waals surface area contributed by atoms with Crippen LogP contribution in [0.1, 0.15) is 23.3 Å². The molecule has 7 nitrogen and oxygen atoms in total. The zero-order valence-corrected chi connectivity index (χ0v) is 20.7. The van der Waals surface area contributed by atoms with Gasteiger partial charge in [0.05, 0.1) is 12.2 Å². The van der Waals surface area contributed by atoms with E-state index in [2.05, 4.69) is 34.5 Å². The smallest absolute Gasteiger partial charge is 0.228 e. The summed E-state index contributed by atoms with van der Waals surface area (Å²) in [7, 11) is -3.37. The molecular formula is C24H34N4O3S2. The summed E-state index contributed by atoms with van der Waals surface area (Å²) in [6, 6.07) is 14.4. The number of thiophene rings is 1. The average molecular weight is 491 g/mol. The lowest BCUT2D eigenvalue weighted by atomic mass is 10.0. The van der Waals surface area contributed by atoms with Crippen LogP contribution >= 0.6 is 11.3 Å². The molecule has 4 rings (SSSR count). The fourth-order valence-electron chi connectivity index (χ4n) is 4.67. The maximum atomic E-state index is 13.3. The second-order valence-electron chi connectivity index (χ2n) is 8.80. The van der Waals surface area contributed by atoms with Crippen molar-refractivity contribution in [1.82, 2.24) is 19.4 Å². The number of amides is 1. The van der Waals surface area contributed by atoms with E-state index < -0.39 is 10.0 Å². The Morgan fingerprint density at radius 3 is 2.42 bits per heavy atom. The molecule has 9 heteroatoms. The third-order valence-corrected chi connectivity index (χ3v) is 9.26. The molecule has 3 heterocycles. The summed E-state index contributed by atoms with van der Waals surface area (Å²) >= 11 is 1.57. The van der Waals surface area contributed by atoms with Crippen LogP contribution in [0.15, 0.2) is 47.8 Å². The van der Waals surface area contributed by atoms with Crippen molar-refractivity contribution >= 4 is 27.3 Å². The Morgan fingerprint density at radius 1 is 1.03 bits per heavy atom. The van der Waals surface area contributed by atoms with Gasteiger partial charge in [0.1, 0.15) is 0 Å². The molecule has 2 aliphatic heterocycles. The van der Waals surface area contributed by atoms with Gasteiger partial charge in [0.15, 0.2) is 0 Å². The Balaban J connectivity index is 1.38. The van der Waals surface area contributed by atoms with E-state index in [9.17, 15) is 13.2 Å². The number of carbonyl (C=O) groups is 1. The van der Waals surface area contributed by atoms with E-state index in [1.165, 1.54) is 5.56 Å². The molecule has 0 radical (unpaired) electrons. The lowest BCUT2D eigenvalue weighted by molar-refractivity contribution is -0.133. The van der Waals surface area contributed by atoms with E-state index >= 15 is 0 Å². The molecule has 0 saturated carbocycles. The lowest BCUT2D eigenvalue weighted by Crippen LogP contribution is -2.51. The molecule has 0 bridgehead atoms. The topological polar surface area (TPSA) is 73.0 Å². The highest BCUT2D eigenvalue weighted by Gasteiger charge is 2.31. The van der Waals surface area contributed by atoms with Gasteiger partial charge in [-0.15, -0.1) is 11.3 Å². The number of likely N-dealkylation sites (tertiary alicyclic amines) is 1. The standard InChI is InChI=1S/C24H34N4O3S2/c29-24(19-23-7-4-17-32-23)28(16-18-33(30,31)27-14-10-25-11-15-27)22-8-12-26(13-9-22)20-21-5-2-1-3-6-21/h1-7,17,22,25H,8-16,18-20H2. The molecule has 1 N–H and O–H groups in total. The molecule has 0 aliphatic carbocycles. The second-order valence-corrected chi connectivity index (χ2v) is 11.9. The van der Waals surface area contributed by atoms with Gasteiger partial charge < -0.3 is 10.2 Å². The molecular weight excluding hydrogens is 456 g/mol. The normalized spacial score (nSPS) is 18.9. The second kappa shape index (κ2) is 11.6. The first-order chi connectivity index (χ1) is 16.0. The molecule has 0 unspecified atom stereocenters. The van der Waals surface area contributed by atoms with Gasteiger partial charge >= 0.3 is 0 Å². The van der Waals surface area contributed by atoms with E-state index in [0.29, 0.717) is 32.6 Å². The van der Waals surface area contributed by atoms with Crippen molar-refractivity contribution in [2.24, 2.45) is 0 Å². The van der Waals surface area contributed by atoms with Crippen LogP contribution in [-0.2, 0) is 27.8 Å². The molecule has 1 amide bonds. The fourth-order valence-corrected chi connectivity index (χ4v) is 6.79. The molecule has 0 atom stereocenters. The number of piperidine rings is 1.